The van der Waals surface area contributed by atoms with Gasteiger partial charge in [-0.15, -0.1) is 11.3 Å². The van der Waals surface area contributed by atoms with E-state index in [1.165, 1.54) is 11.3 Å². The molecule has 5 heteroatoms. The number of rotatable bonds is 6. The highest BCUT2D eigenvalue weighted by Gasteiger charge is 2.20. The van der Waals surface area contributed by atoms with Crippen LogP contribution in [-0.2, 0) is 6.54 Å². The van der Waals surface area contributed by atoms with Crippen molar-refractivity contribution >= 4 is 28.6 Å². The first-order chi connectivity index (χ1) is 10.9. The van der Waals surface area contributed by atoms with Crippen LogP contribution in [0.15, 0.2) is 35.7 Å². The fourth-order valence-electron chi connectivity index (χ4n) is 2.59. The van der Waals surface area contributed by atoms with E-state index >= 15 is 0 Å². The van der Waals surface area contributed by atoms with Gasteiger partial charge in [-0.05, 0) is 41.1 Å². The highest BCUT2D eigenvalue weighted by Crippen LogP contribution is 2.24. The van der Waals surface area contributed by atoms with Crippen molar-refractivity contribution in [2.24, 2.45) is 5.92 Å². The highest BCUT2D eigenvalue weighted by molar-refractivity contribution is 7.12. The van der Waals surface area contributed by atoms with Crippen LogP contribution in [0.25, 0.3) is 0 Å². The van der Waals surface area contributed by atoms with Crippen LogP contribution in [0.5, 0.6) is 0 Å². The van der Waals surface area contributed by atoms with Crippen molar-refractivity contribution in [2.75, 3.05) is 31.3 Å². The maximum absolute atomic E-state index is 12.8. The molecular formula is C18H25N3OS. The molecule has 1 heterocycles. The van der Waals surface area contributed by atoms with Gasteiger partial charge in [0, 0.05) is 38.6 Å². The Balaban J connectivity index is 2.31. The summed E-state index contributed by atoms with van der Waals surface area (Å²) < 4.78 is 0. The minimum Gasteiger partial charge on any atom is -0.399 e. The third kappa shape index (κ3) is 4.48. The van der Waals surface area contributed by atoms with Gasteiger partial charge in [-0.1, -0.05) is 19.9 Å². The van der Waals surface area contributed by atoms with Gasteiger partial charge in [-0.2, -0.15) is 0 Å². The van der Waals surface area contributed by atoms with Gasteiger partial charge < -0.3 is 15.5 Å². The summed E-state index contributed by atoms with van der Waals surface area (Å²) in [7, 11) is 4.01. The monoisotopic (exact) mass is 331 g/mol. The second kappa shape index (κ2) is 7.51. The first kappa shape index (κ1) is 17.3. The predicted octanol–water partition coefficient (Wildman–Crippen LogP) is 3.69. The zero-order valence-electron chi connectivity index (χ0n) is 14.2. The van der Waals surface area contributed by atoms with E-state index in [0.717, 1.165) is 28.4 Å². The van der Waals surface area contributed by atoms with Gasteiger partial charge in [0.15, 0.2) is 0 Å². The summed E-state index contributed by atoms with van der Waals surface area (Å²) >= 11 is 1.48. The van der Waals surface area contributed by atoms with Crippen LogP contribution in [0.2, 0.25) is 0 Å². The molecule has 0 aliphatic carbocycles. The second-order valence-corrected chi connectivity index (χ2v) is 7.29. The number of hydrogen-bond acceptors (Lipinski definition) is 4. The zero-order valence-corrected chi connectivity index (χ0v) is 15.1. The molecule has 124 valence electrons. The predicted molar refractivity (Wildman–Crippen MR) is 99.1 cm³/mol. The molecule has 2 N–H and O–H groups in total. The Morgan fingerprint density at radius 1 is 1.26 bits per heavy atom. The van der Waals surface area contributed by atoms with Crippen LogP contribution in [0.1, 0.15) is 29.1 Å². The second-order valence-electron chi connectivity index (χ2n) is 6.34. The number of carbonyl (C=O) groups excluding carboxylic acids is 1. The number of nitrogen functional groups attached to an aromatic ring is 1. The Morgan fingerprint density at radius 3 is 2.57 bits per heavy atom. The first-order valence-corrected chi connectivity index (χ1v) is 8.65. The van der Waals surface area contributed by atoms with E-state index in [-0.39, 0.29) is 5.91 Å². The quantitative estimate of drug-likeness (QED) is 0.821. The lowest BCUT2D eigenvalue weighted by Gasteiger charge is -2.27. The lowest BCUT2D eigenvalue weighted by atomic mass is 10.1. The van der Waals surface area contributed by atoms with Crippen LogP contribution >= 0.6 is 11.3 Å². The van der Waals surface area contributed by atoms with E-state index in [1.54, 1.807) is 0 Å². The third-order valence-electron chi connectivity index (χ3n) is 3.55. The minimum absolute atomic E-state index is 0.0841. The molecule has 0 fully saturated rings. The molecule has 2 rings (SSSR count). The van der Waals surface area contributed by atoms with E-state index in [2.05, 4.69) is 18.7 Å². The van der Waals surface area contributed by atoms with E-state index in [0.29, 0.717) is 12.5 Å². The number of amides is 1. The summed E-state index contributed by atoms with van der Waals surface area (Å²) in [6, 6.07) is 9.66. The maximum Gasteiger partial charge on any atom is 0.264 e. The van der Waals surface area contributed by atoms with Crippen LogP contribution in [-0.4, -0.2) is 31.4 Å². The van der Waals surface area contributed by atoms with Crippen LogP contribution in [0.4, 0.5) is 11.4 Å². The molecule has 0 atom stereocenters. The van der Waals surface area contributed by atoms with Gasteiger partial charge in [-0.25, -0.2) is 0 Å². The van der Waals surface area contributed by atoms with Gasteiger partial charge in [0.05, 0.1) is 4.88 Å². The Morgan fingerprint density at radius 2 is 2.00 bits per heavy atom. The number of nitrogens with two attached hydrogens (primary N) is 1. The molecule has 23 heavy (non-hydrogen) atoms. The highest BCUT2D eigenvalue weighted by atomic mass is 32.1. The molecule has 4 nitrogen and oxygen atoms in total. The van der Waals surface area contributed by atoms with Crippen LogP contribution in [0, 0.1) is 5.92 Å². The van der Waals surface area contributed by atoms with E-state index in [9.17, 15) is 4.79 Å². The van der Waals surface area contributed by atoms with Crippen molar-refractivity contribution in [3.63, 3.8) is 0 Å². The molecule has 0 unspecified atom stereocenters. The van der Waals surface area contributed by atoms with Crippen molar-refractivity contribution in [2.45, 2.75) is 20.4 Å². The van der Waals surface area contributed by atoms with Crippen LogP contribution in [0.3, 0.4) is 0 Å². The summed E-state index contributed by atoms with van der Waals surface area (Å²) in [4.78, 5) is 17.6. The average molecular weight is 331 g/mol. The molecule has 0 saturated heterocycles. The van der Waals surface area contributed by atoms with E-state index in [1.807, 2.05) is 54.7 Å². The lowest BCUT2D eigenvalue weighted by molar-refractivity contribution is 0.0728. The van der Waals surface area contributed by atoms with Crippen molar-refractivity contribution < 1.29 is 4.79 Å². The summed E-state index contributed by atoms with van der Waals surface area (Å²) in [6.07, 6.45) is 0. The maximum atomic E-state index is 12.8. The van der Waals surface area contributed by atoms with Gasteiger partial charge in [0.1, 0.15) is 0 Å². The largest absolute Gasteiger partial charge is 0.399 e. The van der Waals surface area contributed by atoms with Crippen molar-refractivity contribution in [3.05, 3.63) is 46.2 Å². The Labute approximate surface area is 142 Å². The molecule has 1 aromatic carbocycles. The standard InChI is InChI=1S/C18H25N3OS/c1-13(2)11-21(18(22)17-6-5-9-23-17)12-14-10-15(19)7-8-16(14)20(3)4/h5-10,13H,11-12,19H2,1-4H3. The minimum atomic E-state index is 0.0841. The van der Waals surface area contributed by atoms with Crippen molar-refractivity contribution in [1.82, 2.24) is 4.90 Å². The fourth-order valence-corrected chi connectivity index (χ4v) is 3.28. The van der Waals surface area contributed by atoms with Gasteiger partial charge in [-0.3, -0.25) is 4.79 Å². The molecular weight excluding hydrogens is 306 g/mol. The molecule has 2 aromatic rings. The van der Waals surface area contributed by atoms with Crippen molar-refractivity contribution in [1.29, 1.82) is 0 Å². The summed E-state index contributed by atoms with van der Waals surface area (Å²) in [5.41, 5.74) is 8.84. The number of carbonyl (C=O) groups is 1. The van der Waals surface area contributed by atoms with Gasteiger partial charge in [0.25, 0.3) is 5.91 Å². The average Bonchev–Trinajstić information content (AvgIpc) is 2.99. The smallest absolute Gasteiger partial charge is 0.264 e. The van der Waals surface area contributed by atoms with Crippen molar-refractivity contribution in [3.8, 4) is 0 Å². The lowest BCUT2D eigenvalue weighted by Crippen LogP contribution is -2.33. The number of nitrogens with zero attached hydrogens (tertiary/aromatic N) is 2. The number of hydrogen-bond donors (Lipinski definition) is 1. The normalized spacial score (nSPS) is 10.8. The SMILES string of the molecule is CC(C)CN(Cc1cc(N)ccc1N(C)C)C(=O)c1cccs1. The molecule has 0 spiro atoms. The summed E-state index contributed by atoms with van der Waals surface area (Å²) in [6.45, 7) is 5.54. The van der Waals surface area contributed by atoms with Crippen LogP contribution < -0.4 is 10.6 Å². The molecule has 1 amide bonds. The van der Waals surface area contributed by atoms with Gasteiger partial charge in [0.2, 0.25) is 0 Å². The summed E-state index contributed by atoms with van der Waals surface area (Å²) in [5.74, 6) is 0.489. The molecule has 0 aliphatic heterocycles. The number of thiophene rings is 1. The van der Waals surface area contributed by atoms with Gasteiger partial charge >= 0.3 is 0 Å². The zero-order chi connectivity index (χ0) is 17.0. The molecule has 0 saturated carbocycles. The summed E-state index contributed by atoms with van der Waals surface area (Å²) in [5, 5.41) is 1.94. The Hall–Kier alpha value is -2.01. The molecule has 0 bridgehead atoms. The first-order valence-electron chi connectivity index (χ1n) is 7.77. The Kier molecular flexibility index (Phi) is 5.66. The molecule has 1 aromatic heterocycles. The Bertz CT molecular complexity index is 650. The number of anilines is 2. The molecule has 0 radical (unpaired) electrons. The van der Waals surface area contributed by atoms with E-state index < -0.39 is 0 Å². The topological polar surface area (TPSA) is 49.6 Å². The number of benzene rings is 1. The van der Waals surface area contributed by atoms with E-state index in [4.69, 9.17) is 5.73 Å². The molecule has 0 aliphatic rings. The third-order valence-corrected chi connectivity index (χ3v) is 4.41. The fraction of sp³-hybridized carbons (Fsp3) is 0.389.